The van der Waals surface area contributed by atoms with Gasteiger partial charge in [-0.15, -0.1) is 0 Å². The van der Waals surface area contributed by atoms with E-state index in [9.17, 15) is 27.6 Å². The normalized spacial score (nSPS) is 23.6. The van der Waals surface area contributed by atoms with Crippen LogP contribution in [-0.4, -0.2) is 54.4 Å². The van der Waals surface area contributed by atoms with Crippen LogP contribution < -0.4 is 0 Å². The smallest absolute Gasteiger partial charge is 0.233 e. The summed E-state index contributed by atoms with van der Waals surface area (Å²) in [5.41, 5.74) is -0.0782. The molecule has 0 unspecified atom stereocenters. The first-order valence-electron chi connectivity index (χ1n) is 16.6. The predicted molar refractivity (Wildman–Crippen MR) is 177 cm³/mol. The summed E-state index contributed by atoms with van der Waals surface area (Å²) >= 11 is 12.4. The number of nitrogens with zero attached hydrogens (tertiary/aromatic N) is 1. The summed E-state index contributed by atoms with van der Waals surface area (Å²) in [7, 11) is -4.00. The van der Waals surface area contributed by atoms with Gasteiger partial charge < -0.3 is 4.90 Å². The van der Waals surface area contributed by atoms with Crippen molar-refractivity contribution in [2.45, 2.75) is 105 Å². The number of carbonyl (C=O) groups is 4. The molecule has 1 saturated heterocycles. The lowest BCUT2D eigenvalue weighted by Gasteiger charge is -2.30. The first kappa shape index (κ1) is 33.4. The molecule has 7 nitrogen and oxygen atoms in total. The third-order valence-electron chi connectivity index (χ3n) is 10.6. The average Bonchev–Trinajstić information content (AvgIpc) is 3.98. The molecule has 3 atom stereocenters. The minimum atomic E-state index is -4.00. The van der Waals surface area contributed by atoms with Gasteiger partial charge >= 0.3 is 0 Å². The molecule has 3 aliphatic carbocycles. The molecule has 10 heteroatoms. The van der Waals surface area contributed by atoms with E-state index < -0.39 is 44.0 Å². The summed E-state index contributed by atoms with van der Waals surface area (Å²) in [5, 5.41) is -0.422. The van der Waals surface area contributed by atoms with Crippen molar-refractivity contribution in [1.82, 2.24) is 4.90 Å². The quantitative estimate of drug-likeness (QED) is 0.211. The summed E-state index contributed by atoms with van der Waals surface area (Å²) in [5.74, 6) is -1.78. The van der Waals surface area contributed by atoms with E-state index in [2.05, 4.69) is 0 Å². The standard InChI is InChI=1S/C36H41Cl2NO6S/c37-27-14-12-26(13-15-27)36(16-17-36)35(43)39-22-28(46(44,45)33-9-5-4-8-29(33)38)21-30(39)31(40)20-25(18-23-6-2-1-3-7-23)34(42)32(41)19-24-10-11-24/h4-5,8-9,12-15,23-25,28,30H,1-3,6-7,10-11,16-22H2/t25-,28-,30+/m1/s1. The fourth-order valence-corrected chi connectivity index (χ4v) is 9.95. The molecule has 1 heterocycles. The molecule has 0 spiro atoms. The van der Waals surface area contributed by atoms with Crippen molar-refractivity contribution in [2.24, 2.45) is 17.8 Å². The van der Waals surface area contributed by atoms with Crippen molar-refractivity contribution in [3.63, 3.8) is 0 Å². The molecule has 6 rings (SSSR count). The molecule has 4 aliphatic rings. The SMILES string of the molecule is O=C(CC1CC1)C(=O)[C@@H](CC(=O)[C@@H]1C[C@@H](S(=O)(=O)c2ccccc2Cl)CN1C(=O)C1(c2ccc(Cl)cc2)CC1)CC1CCCCC1. The van der Waals surface area contributed by atoms with E-state index in [0.29, 0.717) is 24.3 Å². The number of likely N-dealkylation sites (tertiary alicyclic amines) is 1. The van der Waals surface area contributed by atoms with Gasteiger partial charge in [-0.3, -0.25) is 19.2 Å². The lowest BCUT2D eigenvalue weighted by molar-refractivity contribution is -0.143. The van der Waals surface area contributed by atoms with E-state index in [1.165, 1.54) is 17.0 Å². The summed E-state index contributed by atoms with van der Waals surface area (Å²) in [4.78, 5) is 56.7. The van der Waals surface area contributed by atoms with E-state index in [0.717, 1.165) is 50.5 Å². The Bertz CT molecular complexity index is 1610. The molecular weight excluding hydrogens is 645 g/mol. The first-order chi connectivity index (χ1) is 22.0. The number of Topliss-reactive ketones (excluding diaryl/α,β-unsaturated/α-hetero) is 3. The summed E-state index contributed by atoms with van der Waals surface area (Å²) in [6.45, 7) is -0.153. The Morgan fingerprint density at radius 2 is 1.54 bits per heavy atom. The topological polar surface area (TPSA) is 106 Å². The van der Waals surface area contributed by atoms with Gasteiger partial charge in [0.25, 0.3) is 0 Å². The Morgan fingerprint density at radius 1 is 0.870 bits per heavy atom. The van der Waals surface area contributed by atoms with Gasteiger partial charge in [-0.2, -0.15) is 0 Å². The number of hydrogen-bond donors (Lipinski definition) is 0. The monoisotopic (exact) mass is 685 g/mol. The maximum absolute atomic E-state index is 14.4. The van der Waals surface area contributed by atoms with Crippen molar-refractivity contribution >= 4 is 56.3 Å². The molecule has 0 aromatic heterocycles. The number of sulfone groups is 1. The average molecular weight is 687 g/mol. The van der Waals surface area contributed by atoms with Gasteiger partial charge in [0.15, 0.2) is 21.4 Å². The maximum atomic E-state index is 14.4. The van der Waals surface area contributed by atoms with E-state index >= 15 is 0 Å². The Labute approximate surface area is 281 Å². The first-order valence-corrected chi connectivity index (χ1v) is 18.9. The van der Waals surface area contributed by atoms with Gasteiger partial charge in [0.05, 0.1) is 26.6 Å². The molecule has 4 fully saturated rings. The molecule has 46 heavy (non-hydrogen) atoms. The minimum Gasteiger partial charge on any atom is -0.331 e. The van der Waals surface area contributed by atoms with Gasteiger partial charge in [-0.25, -0.2) is 8.42 Å². The van der Waals surface area contributed by atoms with Crippen LogP contribution in [-0.2, 0) is 34.4 Å². The number of halogens is 2. The minimum absolute atomic E-state index is 0.0305. The second kappa shape index (κ2) is 13.5. The highest BCUT2D eigenvalue weighted by atomic mass is 35.5. The van der Waals surface area contributed by atoms with Crippen molar-refractivity contribution in [1.29, 1.82) is 0 Å². The number of amides is 1. The maximum Gasteiger partial charge on any atom is 0.233 e. The van der Waals surface area contributed by atoms with E-state index in [-0.39, 0.29) is 59.3 Å². The van der Waals surface area contributed by atoms with Gasteiger partial charge in [0.2, 0.25) is 11.7 Å². The van der Waals surface area contributed by atoms with E-state index in [1.54, 1.807) is 24.3 Å². The predicted octanol–water partition coefficient (Wildman–Crippen LogP) is 6.95. The van der Waals surface area contributed by atoms with Crippen LogP contribution in [0, 0.1) is 17.8 Å². The van der Waals surface area contributed by atoms with Crippen LogP contribution in [0.3, 0.4) is 0 Å². The lowest BCUT2D eigenvalue weighted by atomic mass is 9.78. The van der Waals surface area contributed by atoms with Crippen molar-refractivity contribution in [2.75, 3.05) is 6.54 Å². The van der Waals surface area contributed by atoms with E-state index in [4.69, 9.17) is 23.2 Å². The molecule has 1 amide bonds. The highest BCUT2D eigenvalue weighted by molar-refractivity contribution is 7.92. The number of rotatable bonds is 13. The molecule has 2 aromatic rings. The van der Waals surface area contributed by atoms with Crippen LogP contribution in [0.5, 0.6) is 0 Å². The molecular formula is C36H41Cl2NO6S. The van der Waals surface area contributed by atoms with Crippen molar-refractivity contribution in [3.8, 4) is 0 Å². The zero-order valence-corrected chi connectivity index (χ0v) is 28.3. The van der Waals surface area contributed by atoms with Crippen LogP contribution in [0.1, 0.15) is 89.0 Å². The zero-order chi connectivity index (χ0) is 32.6. The molecule has 0 N–H and O–H groups in total. The van der Waals surface area contributed by atoms with E-state index in [1.807, 2.05) is 12.1 Å². The molecule has 0 bridgehead atoms. The summed E-state index contributed by atoms with van der Waals surface area (Å²) in [6.07, 6.45) is 8.67. The Hall–Kier alpha value is -2.55. The Kier molecular flexibility index (Phi) is 9.80. The fraction of sp³-hybridized carbons (Fsp3) is 0.556. The summed E-state index contributed by atoms with van der Waals surface area (Å²) in [6, 6.07) is 12.2. The second-order valence-electron chi connectivity index (χ2n) is 13.9. The molecule has 2 aromatic carbocycles. The van der Waals surface area contributed by atoms with Crippen LogP contribution >= 0.6 is 23.2 Å². The largest absolute Gasteiger partial charge is 0.331 e. The van der Waals surface area contributed by atoms with Gasteiger partial charge in [0, 0.05) is 30.3 Å². The number of ketones is 3. The van der Waals surface area contributed by atoms with Crippen LogP contribution in [0.15, 0.2) is 53.4 Å². The third kappa shape index (κ3) is 7.00. The Balaban J connectivity index is 1.29. The molecule has 3 saturated carbocycles. The van der Waals surface area contributed by atoms with Crippen LogP contribution in [0.25, 0.3) is 0 Å². The second-order valence-corrected chi connectivity index (χ2v) is 17.0. The fourth-order valence-electron chi connectivity index (χ4n) is 7.60. The zero-order valence-electron chi connectivity index (χ0n) is 26.0. The van der Waals surface area contributed by atoms with Crippen LogP contribution in [0.2, 0.25) is 10.0 Å². The number of benzene rings is 2. The Morgan fingerprint density at radius 3 is 2.17 bits per heavy atom. The molecule has 1 aliphatic heterocycles. The lowest BCUT2D eigenvalue weighted by Crippen LogP contribution is -2.46. The van der Waals surface area contributed by atoms with Gasteiger partial charge in [0.1, 0.15) is 0 Å². The highest BCUT2D eigenvalue weighted by Gasteiger charge is 2.57. The van der Waals surface area contributed by atoms with Gasteiger partial charge in [-0.05, 0) is 80.2 Å². The van der Waals surface area contributed by atoms with Gasteiger partial charge in [-0.1, -0.05) is 79.6 Å². The highest BCUT2D eigenvalue weighted by Crippen LogP contribution is 2.51. The van der Waals surface area contributed by atoms with Crippen molar-refractivity contribution in [3.05, 3.63) is 64.1 Å². The number of carbonyl (C=O) groups excluding carboxylic acids is 4. The third-order valence-corrected chi connectivity index (χ3v) is 13.5. The van der Waals surface area contributed by atoms with Crippen LogP contribution in [0.4, 0.5) is 0 Å². The summed E-state index contributed by atoms with van der Waals surface area (Å²) < 4.78 is 27.8. The van der Waals surface area contributed by atoms with Crippen molar-refractivity contribution < 1.29 is 27.6 Å². The number of hydrogen-bond acceptors (Lipinski definition) is 6. The molecule has 246 valence electrons. The molecule has 0 radical (unpaired) electrons.